The van der Waals surface area contributed by atoms with E-state index < -0.39 is 0 Å². The second-order valence-electron chi connectivity index (χ2n) is 6.98. The average molecular weight is 343 g/mol. The molecule has 0 aliphatic carbocycles. The highest BCUT2D eigenvalue weighted by molar-refractivity contribution is 5.97. The van der Waals surface area contributed by atoms with Crippen molar-refractivity contribution >= 4 is 5.91 Å². The third-order valence-electron chi connectivity index (χ3n) is 4.59. The lowest BCUT2D eigenvalue weighted by Gasteiger charge is -2.38. The van der Waals surface area contributed by atoms with Gasteiger partial charge < -0.3 is 14.9 Å². The average Bonchev–Trinajstić information content (AvgIpc) is 3.14. The maximum Gasteiger partial charge on any atom is 0.256 e. The van der Waals surface area contributed by atoms with Gasteiger partial charge in [0.25, 0.3) is 5.91 Å². The summed E-state index contributed by atoms with van der Waals surface area (Å²) in [5, 5.41) is 13.8. The van der Waals surface area contributed by atoms with Crippen LogP contribution in [0.2, 0.25) is 0 Å². The van der Waals surface area contributed by atoms with Crippen LogP contribution in [-0.2, 0) is 0 Å². The number of para-hydroxylation sites is 1. The van der Waals surface area contributed by atoms with Gasteiger partial charge in [-0.25, -0.2) is 9.67 Å². The van der Waals surface area contributed by atoms with Crippen LogP contribution in [0.4, 0.5) is 0 Å². The number of carbonyl (C=O) groups is 1. The van der Waals surface area contributed by atoms with Crippen LogP contribution in [0.1, 0.15) is 16.8 Å². The lowest BCUT2D eigenvalue weighted by Crippen LogP contribution is -2.47. The Morgan fingerprint density at radius 2 is 2.04 bits per heavy atom. The largest absolute Gasteiger partial charge is 0.396 e. The highest BCUT2D eigenvalue weighted by Gasteiger charge is 2.31. The van der Waals surface area contributed by atoms with Crippen LogP contribution >= 0.6 is 0 Å². The SMILES string of the molecule is CN(C)C[C@H]1C[C@@H](CO)CN(C(=O)c2ccccc2-n2cncn2)C1. The van der Waals surface area contributed by atoms with Gasteiger partial charge in [-0.15, -0.1) is 0 Å². The molecule has 0 spiro atoms. The molecule has 1 saturated heterocycles. The van der Waals surface area contributed by atoms with Crippen molar-refractivity contribution in [3.05, 3.63) is 42.5 Å². The summed E-state index contributed by atoms with van der Waals surface area (Å²) >= 11 is 0. The molecular formula is C18H25N5O2. The Balaban J connectivity index is 1.85. The molecule has 7 nitrogen and oxygen atoms in total. The number of carbonyl (C=O) groups excluding carboxylic acids is 1. The number of aromatic nitrogens is 3. The molecule has 1 aromatic carbocycles. The van der Waals surface area contributed by atoms with Crippen molar-refractivity contribution in [1.82, 2.24) is 24.6 Å². The summed E-state index contributed by atoms with van der Waals surface area (Å²) in [7, 11) is 4.07. The van der Waals surface area contributed by atoms with Crippen molar-refractivity contribution in [3.8, 4) is 5.69 Å². The molecule has 1 aliphatic rings. The monoisotopic (exact) mass is 343 g/mol. The number of hydrogen-bond donors (Lipinski definition) is 1. The second kappa shape index (κ2) is 7.76. The van der Waals surface area contributed by atoms with E-state index in [0.717, 1.165) is 18.7 Å². The first-order valence-electron chi connectivity index (χ1n) is 8.57. The third-order valence-corrected chi connectivity index (χ3v) is 4.59. The lowest BCUT2D eigenvalue weighted by atomic mass is 9.89. The van der Waals surface area contributed by atoms with Crippen LogP contribution in [0.3, 0.4) is 0 Å². The Bertz CT molecular complexity index is 701. The second-order valence-corrected chi connectivity index (χ2v) is 6.98. The van der Waals surface area contributed by atoms with Gasteiger partial charge in [-0.3, -0.25) is 4.79 Å². The molecule has 1 aromatic heterocycles. The first-order chi connectivity index (χ1) is 12.1. The number of likely N-dealkylation sites (tertiary alicyclic amines) is 1. The van der Waals surface area contributed by atoms with Crippen molar-refractivity contribution in [1.29, 1.82) is 0 Å². The zero-order chi connectivity index (χ0) is 17.8. The van der Waals surface area contributed by atoms with Gasteiger partial charge in [0.2, 0.25) is 0 Å². The quantitative estimate of drug-likeness (QED) is 0.873. The number of amides is 1. The molecule has 1 aliphatic heterocycles. The van der Waals surface area contributed by atoms with Crippen LogP contribution in [-0.4, -0.2) is 75.9 Å². The third kappa shape index (κ3) is 4.05. The minimum atomic E-state index is -0.0204. The molecule has 0 radical (unpaired) electrons. The van der Waals surface area contributed by atoms with E-state index in [-0.39, 0.29) is 18.4 Å². The normalized spacial score (nSPS) is 20.9. The number of aliphatic hydroxyl groups excluding tert-OH is 1. The summed E-state index contributed by atoms with van der Waals surface area (Å²) in [5.41, 5.74) is 1.33. The molecule has 0 bridgehead atoms. The van der Waals surface area contributed by atoms with Crippen LogP contribution in [0.25, 0.3) is 5.69 Å². The van der Waals surface area contributed by atoms with Gasteiger partial charge in [-0.05, 0) is 44.5 Å². The number of piperidine rings is 1. The van der Waals surface area contributed by atoms with E-state index in [1.54, 1.807) is 11.0 Å². The highest BCUT2D eigenvalue weighted by atomic mass is 16.3. The number of benzene rings is 1. The summed E-state index contributed by atoms with van der Waals surface area (Å²) in [6.07, 6.45) is 3.99. The fourth-order valence-electron chi connectivity index (χ4n) is 3.62. The first-order valence-corrected chi connectivity index (χ1v) is 8.57. The summed E-state index contributed by atoms with van der Waals surface area (Å²) in [4.78, 5) is 21.2. The van der Waals surface area contributed by atoms with Gasteiger partial charge in [0.15, 0.2) is 0 Å². The predicted octanol–water partition coefficient (Wildman–Crippen LogP) is 0.899. The zero-order valence-electron chi connectivity index (χ0n) is 14.7. The first kappa shape index (κ1) is 17.6. The number of nitrogens with zero attached hydrogens (tertiary/aromatic N) is 5. The van der Waals surface area contributed by atoms with Crippen molar-refractivity contribution in [3.63, 3.8) is 0 Å². The van der Waals surface area contributed by atoms with Gasteiger partial charge in [0.05, 0.1) is 11.3 Å². The summed E-state index contributed by atoms with van der Waals surface area (Å²) in [6, 6.07) is 7.43. The molecule has 2 heterocycles. The highest BCUT2D eigenvalue weighted by Crippen LogP contribution is 2.25. The van der Waals surface area contributed by atoms with Crippen LogP contribution in [0, 0.1) is 11.8 Å². The Kier molecular flexibility index (Phi) is 5.45. The van der Waals surface area contributed by atoms with Gasteiger partial charge in [0.1, 0.15) is 12.7 Å². The Hall–Kier alpha value is -2.25. The summed E-state index contributed by atoms with van der Waals surface area (Å²) in [5.74, 6) is 0.470. The van der Waals surface area contributed by atoms with Crippen molar-refractivity contribution in [2.45, 2.75) is 6.42 Å². The van der Waals surface area contributed by atoms with Crippen LogP contribution < -0.4 is 0 Å². The van der Waals surface area contributed by atoms with E-state index in [4.69, 9.17) is 0 Å². The Morgan fingerprint density at radius 3 is 2.72 bits per heavy atom. The molecule has 25 heavy (non-hydrogen) atoms. The van der Waals surface area contributed by atoms with E-state index >= 15 is 0 Å². The molecule has 2 atom stereocenters. The molecule has 1 fully saturated rings. The van der Waals surface area contributed by atoms with Crippen molar-refractivity contribution < 1.29 is 9.90 Å². The Morgan fingerprint density at radius 1 is 1.28 bits per heavy atom. The predicted molar refractivity (Wildman–Crippen MR) is 94.5 cm³/mol. The molecule has 134 valence electrons. The number of hydrogen-bond acceptors (Lipinski definition) is 5. The maximum atomic E-state index is 13.2. The summed E-state index contributed by atoms with van der Waals surface area (Å²) in [6.45, 7) is 2.31. The molecule has 1 amide bonds. The molecule has 0 saturated carbocycles. The van der Waals surface area contributed by atoms with Crippen molar-refractivity contribution in [2.24, 2.45) is 11.8 Å². The minimum absolute atomic E-state index is 0.0204. The van der Waals surface area contributed by atoms with Gasteiger partial charge in [-0.1, -0.05) is 12.1 Å². The minimum Gasteiger partial charge on any atom is -0.396 e. The van der Waals surface area contributed by atoms with Gasteiger partial charge in [-0.2, -0.15) is 5.10 Å². The Labute approximate surface area is 147 Å². The molecule has 3 rings (SSSR count). The van der Waals surface area contributed by atoms with E-state index in [2.05, 4.69) is 15.0 Å². The standard InChI is InChI=1S/C18H25N5O2/c1-21(2)8-14-7-15(11-24)10-22(9-14)18(25)16-5-3-4-6-17(16)23-13-19-12-20-23/h3-6,12-15,24H,7-11H2,1-2H3/t14-,15-/m1/s1. The molecule has 1 N–H and O–H groups in total. The van der Waals surface area contributed by atoms with E-state index in [1.165, 1.54) is 6.33 Å². The van der Waals surface area contributed by atoms with E-state index in [0.29, 0.717) is 24.6 Å². The van der Waals surface area contributed by atoms with Crippen molar-refractivity contribution in [2.75, 3.05) is 40.3 Å². The number of aliphatic hydroxyl groups is 1. The van der Waals surface area contributed by atoms with Crippen LogP contribution in [0.5, 0.6) is 0 Å². The van der Waals surface area contributed by atoms with Gasteiger partial charge in [0, 0.05) is 26.2 Å². The molecular weight excluding hydrogens is 318 g/mol. The fraction of sp³-hybridized carbons (Fsp3) is 0.500. The lowest BCUT2D eigenvalue weighted by molar-refractivity contribution is 0.0477. The fourth-order valence-corrected chi connectivity index (χ4v) is 3.62. The van der Waals surface area contributed by atoms with E-state index in [1.807, 2.05) is 43.3 Å². The smallest absolute Gasteiger partial charge is 0.256 e. The van der Waals surface area contributed by atoms with Crippen LogP contribution in [0.15, 0.2) is 36.9 Å². The maximum absolute atomic E-state index is 13.2. The molecule has 2 aromatic rings. The van der Waals surface area contributed by atoms with Gasteiger partial charge >= 0.3 is 0 Å². The molecule has 7 heteroatoms. The number of rotatable bonds is 5. The molecule has 0 unspecified atom stereocenters. The van der Waals surface area contributed by atoms with E-state index in [9.17, 15) is 9.90 Å². The topological polar surface area (TPSA) is 74.5 Å². The zero-order valence-corrected chi connectivity index (χ0v) is 14.7. The summed E-state index contributed by atoms with van der Waals surface area (Å²) < 4.78 is 1.61.